The van der Waals surface area contributed by atoms with Crippen molar-refractivity contribution >= 4 is 15.9 Å². The molecule has 1 fully saturated rings. The van der Waals surface area contributed by atoms with Crippen molar-refractivity contribution in [3.8, 4) is 5.75 Å². The minimum absolute atomic E-state index is 0.0391. The lowest BCUT2D eigenvalue weighted by Gasteiger charge is -2.36. The Balaban J connectivity index is 1.31. The van der Waals surface area contributed by atoms with E-state index in [-0.39, 0.29) is 41.2 Å². The molecule has 2 aliphatic carbocycles. The Hall–Kier alpha value is -2.42. The van der Waals surface area contributed by atoms with Gasteiger partial charge in [0.05, 0.1) is 12.0 Å². The number of carbonyl (C=O) groups is 1. The van der Waals surface area contributed by atoms with Gasteiger partial charge >= 0.3 is 0 Å². The van der Waals surface area contributed by atoms with Gasteiger partial charge in [0.2, 0.25) is 15.9 Å². The first-order valence-electron chi connectivity index (χ1n) is 13.0. The van der Waals surface area contributed by atoms with Crippen LogP contribution in [0.15, 0.2) is 53.4 Å². The van der Waals surface area contributed by atoms with Crippen molar-refractivity contribution in [2.45, 2.75) is 68.2 Å². The number of aryl methyl sites for hydroxylation is 1. The van der Waals surface area contributed by atoms with Crippen molar-refractivity contribution in [2.75, 3.05) is 20.3 Å². The summed E-state index contributed by atoms with van der Waals surface area (Å²) in [6.45, 7) is 0.540. The van der Waals surface area contributed by atoms with Gasteiger partial charge in [-0.1, -0.05) is 24.3 Å². The van der Waals surface area contributed by atoms with E-state index in [4.69, 9.17) is 4.74 Å². The number of methoxy groups -OCH3 is 1. The van der Waals surface area contributed by atoms with E-state index < -0.39 is 10.0 Å². The van der Waals surface area contributed by atoms with Crippen LogP contribution in [0.25, 0.3) is 0 Å². The summed E-state index contributed by atoms with van der Waals surface area (Å²) >= 11 is 0. The van der Waals surface area contributed by atoms with Gasteiger partial charge in [0.15, 0.2) is 0 Å². The lowest BCUT2D eigenvalue weighted by atomic mass is 9.76. The van der Waals surface area contributed by atoms with Crippen molar-refractivity contribution in [1.82, 2.24) is 10.0 Å². The number of fused-ring (bicyclic) bond motifs is 1. The Kier molecular flexibility index (Phi) is 9.04. The number of amides is 1. The largest absolute Gasteiger partial charge is 0.497 e. The predicted octanol–water partition coefficient (Wildman–Crippen LogP) is 3.77. The molecule has 1 saturated carbocycles. The van der Waals surface area contributed by atoms with Crippen LogP contribution in [0.2, 0.25) is 0 Å². The third-order valence-corrected chi connectivity index (χ3v) is 9.23. The molecule has 0 aromatic heterocycles. The Morgan fingerprint density at radius 2 is 1.81 bits per heavy atom. The highest BCUT2D eigenvalue weighted by Gasteiger charge is 2.33. The van der Waals surface area contributed by atoms with E-state index in [1.807, 2.05) is 6.07 Å². The predicted molar refractivity (Wildman–Crippen MR) is 139 cm³/mol. The van der Waals surface area contributed by atoms with E-state index in [0.717, 1.165) is 50.7 Å². The molecule has 4 rings (SSSR count). The van der Waals surface area contributed by atoms with Crippen LogP contribution in [0.5, 0.6) is 5.75 Å². The molecule has 2 aromatic carbocycles. The molecule has 2 aliphatic rings. The minimum atomic E-state index is -3.51. The maximum Gasteiger partial charge on any atom is 0.240 e. The van der Waals surface area contributed by atoms with Gasteiger partial charge in [-0.15, -0.1) is 0 Å². The monoisotopic (exact) mass is 514 g/mol. The SMILES string of the molecule is COc1ccc2c(c1)CCC(NC(=O)C1CCC(CNS(=O)(=O)c3ccccc3)CC1)C2CCCO. The van der Waals surface area contributed by atoms with E-state index in [1.165, 1.54) is 11.1 Å². The van der Waals surface area contributed by atoms with Gasteiger partial charge < -0.3 is 15.2 Å². The first-order valence-corrected chi connectivity index (χ1v) is 14.5. The molecular formula is C28H38N2O5S. The number of rotatable bonds is 10. The molecule has 3 N–H and O–H groups in total. The summed E-state index contributed by atoms with van der Waals surface area (Å²) < 4.78 is 33.1. The first kappa shape index (κ1) is 26.6. The van der Waals surface area contributed by atoms with Crippen LogP contribution in [0.4, 0.5) is 0 Å². The van der Waals surface area contributed by atoms with E-state index in [2.05, 4.69) is 22.2 Å². The molecular weight excluding hydrogens is 476 g/mol. The van der Waals surface area contributed by atoms with E-state index >= 15 is 0 Å². The smallest absolute Gasteiger partial charge is 0.240 e. The molecule has 7 nitrogen and oxygen atoms in total. The molecule has 2 atom stereocenters. The number of hydrogen-bond acceptors (Lipinski definition) is 5. The maximum absolute atomic E-state index is 13.2. The lowest BCUT2D eigenvalue weighted by Crippen LogP contribution is -2.45. The fraction of sp³-hybridized carbons (Fsp3) is 0.536. The number of sulfonamides is 1. The van der Waals surface area contributed by atoms with Gasteiger partial charge in [-0.2, -0.15) is 0 Å². The Morgan fingerprint density at radius 3 is 2.50 bits per heavy atom. The molecule has 0 spiro atoms. The second-order valence-electron chi connectivity index (χ2n) is 10.1. The summed E-state index contributed by atoms with van der Waals surface area (Å²) in [7, 11) is -1.84. The van der Waals surface area contributed by atoms with Crippen molar-refractivity contribution in [3.63, 3.8) is 0 Å². The summed E-state index contributed by atoms with van der Waals surface area (Å²) in [6.07, 6.45) is 6.49. The molecule has 0 aliphatic heterocycles. The summed E-state index contributed by atoms with van der Waals surface area (Å²) in [5.74, 6) is 1.33. The molecule has 1 amide bonds. The number of aliphatic hydroxyl groups is 1. The molecule has 8 heteroatoms. The highest BCUT2D eigenvalue weighted by atomic mass is 32.2. The van der Waals surface area contributed by atoms with Gasteiger partial charge in [-0.3, -0.25) is 4.79 Å². The summed E-state index contributed by atoms with van der Waals surface area (Å²) in [6, 6.07) is 14.6. The van der Waals surface area contributed by atoms with Crippen LogP contribution in [-0.2, 0) is 21.2 Å². The van der Waals surface area contributed by atoms with Crippen LogP contribution in [0, 0.1) is 11.8 Å². The Morgan fingerprint density at radius 1 is 1.06 bits per heavy atom. The Labute approximate surface area is 214 Å². The lowest BCUT2D eigenvalue weighted by molar-refractivity contribution is -0.127. The zero-order valence-corrected chi connectivity index (χ0v) is 21.8. The fourth-order valence-corrected chi connectivity index (χ4v) is 6.83. The zero-order chi connectivity index (χ0) is 25.5. The minimum Gasteiger partial charge on any atom is -0.497 e. The Bertz CT molecular complexity index is 1110. The molecule has 0 heterocycles. The average molecular weight is 515 g/mol. The highest BCUT2D eigenvalue weighted by Crippen LogP contribution is 2.37. The molecule has 0 bridgehead atoms. The number of aliphatic hydroxyl groups excluding tert-OH is 1. The summed E-state index contributed by atoms with van der Waals surface area (Å²) in [4.78, 5) is 13.5. The van der Waals surface area contributed by atoms with Crippen LogP contribution in [0.3, 0.4) is 0 Å². The van der Waals surface area contributed by atoms with E-state index in [9.17, 15) is 18.3 Å². The summed E-state index contributed by atoms with van der Waals surface area (Å²) in [5.41, 5.74) is 2.51. The standard InChI is InChI=1S/C28H38N2O5S/c1-35-23-14-15-25-22(18-23)13-16-27(26(25)8-5-17-31)30-28(32)21-11-9-20(10-12-21)19-29-36(33,34)24-6-3-2-4-7-24/h2-4,6-7,14-15,18,20-21,26-27,29,31H,5,8-13,16-17,19H2,1H3,(H,30,32). The number of benzene rings is 2. The van der Waals surface area contributed by atoms with Crippen molar-refractivity contribution in [2.24, 2.45) is 11.8 Å². The molecule has 2 aromatic rings. The van der Waals surface area contributed by atoms with Gasteiger partial charge in [0.25, 0.3) is 0 Å². The molecule has 2 unspecified atom stereocenters. The van der Waals surface area contributed by atoms with Crippen molar-refractivity contribution in [1.29, 1.82) is 0 Å². The molecule has 36 heavy (non-hydrogen) atoms. The molecule has 0 saturated heterocycles. The number of ether oxygens (including phenoxy) is 1. The second-order valence-corrected chi connectivity index (χ2v) is 11.8. The topological polar surface area (TPSA) is 105 Å². The second kappa shape index (κ2) is 12.2. The van der Waals surface area contributed by atoms with E-state index in [0.29, 0.717) is 13.0 Å². The van der Waals surface area contributed by atoms with Gasteiger partial charge in [-0.25, -0.2) is 13.1 Å². The van der Waals surface area contributed by atoms with Crippen LogP contribution in [-0.4, -0.2) is 45.7 Å². The quantitative estimate of drug-likeness (QED) is 0.448. The summed E-state index contributed by atoms with van der Waals surface area (Å²) in [5, 5.41) is 12.8. The first-order chi connectivity index (χ1) is 17.4. The number of carbonyl (C=O) groups excluding carboxylic acids is 1. The van der Waals surface area contributed by atoms with Crippen LogP contribution < -0.4 is 14.8 Å². The van der Waals surface area contributed by atoms with Gasteiger partial charge in [-0.05, 0) is 92.7 Å². The number of nitrogens with one attached hydrogen (secondary N) is 2. The van der Waals surface area contributed by atoms with Crippen LogP contribution >= 0.6 is 0 Å². The zero-order valence-electron chi connectivity index (χ0n) is 21.0. The third-order valence-electron chi connectivity index (χ3n) is 7.79. The van der Waals surface area contributed by atoms with E-state index in [1.54, 1.807) is 37.4 Å². The number of hydrogen-bond donors (Lipinski definition) is 3. The normalized spacial score (nSPS) is 24.1. The molecule has 0 radical (unpaired) electrons. The third kappa shape index (κ3) is 6.47. The van der Waals surface area contributed by atoms with Gasteiger partial charge in [0, 0.05) is 31.0 Å². The fourth-order valence-electron chi connectivity index (χ4n) is 5.70. The maximum atomic E-state index is 13.2. The molecule has 196 valence electrons. The van der Waals surface area contributed by atoms with Gasteiger partial charge in [0.1, 0.15) is 5.75 Å². The average Bonchev–Trinajstić information content (AvgIpc) is 2.91. The highest BCUT2D eigenvalue weighted by molar-refractivity contribution is 7.89. The van der Waals surface area contributed by atoms with Crippen molar-refractivity contribution < 1.29 is 23.1 Å². The van der Waals surface area contributed by atoms with Crippen molar-refractivity contribution in [3.05, 3.63) is 59.7 Å². The van der Waals surface area contributed by atoms with Crippen LogP contribution in [0.1, 0.15) is 62.0 Å².